The maximum absolute atomic E-state index is 12.3. The molecule has 2 aromatic rings. The SMILES string of the molecule is CN=C(NCCCCNc1ccccn1)N1CCN(C(=O)c2ccco2)CC1.I. The summed E-state index contributed by atoms with van der Waals surface area (Å²) >= 11 is 0. The first kappa shape index (κ1) is 23.0. The molecule has 3 heterocycles. The Labute approximate surface area is 188 Å². The fourth-order valence-corrected chi connectivity index (χ4v) is 3.14. The van der Waals surface area contributed by atoms with Crippen LogP contribution < -0.4 is 10.6 Å². The molecule has 8 nitrogen and oxygen atoms in total. The topological polar surface area (TPSA) is 86.0 Å². The molecule has 2 N–H and O–H groups in total. The van der Waals surface area contributed by atoms with Crippen LogP contribution in [0.1, 0.15) is 23.4 Å². The number of amides is 1. The predicted octanol–water partition coefficient (Wildman–Crippen LogP) is 2.52. The molecule has 9 heteroatoms. The monoisotopic (exact) mass is 512 g/mol. The molecule has 1 fully saturated rings. The summed E-state index contributed by atoms with van der Waals surface area (Å²) in [6, 6.07) is 9.30. The number of nitrogens with one attached hydrogen (secondary N) is 2. The Hall–Kier alpha value is -2.30. The normalized spacial score (nSPS) is 14.3. The lowest BCUT2D eigenvalue weighted by atomic mass is 10.3. The molecule has 1 saturated heterocycles. The lowest BCUT2D eigenvalue weighted by Crippen LogP contribution is -2.53. The molecule has 0 bridgehead atoms. The molecular formula is C20H29IN6O2. The number of furan rings is 1. The van der Waals surface area contributed by atoms with Crippen LogP contribution in [0.15, 0.2) is 52.2 Å². The first-order valence-corrected chi connectivity index (χ1v) is 9.71. The van der Waals surface area contributed by atoms with E-state index in [2.05, 4.69) is 25.5 Å². The maximum Gasteiger partial charge on any atom is 0.289 e. The van der Waals surface area contributed by atoms with E-state index in [0.717, 1.165) is 50.8 Å². The van der Waals surface area contributed by atoms with Crippen LogP contribution in [0.5, 0.6) is 0 Å². The largest absolute Gasteiger partial charge is 0.459 e. The van der Waals surface area contributed by atoms with Crippen molar-refractivity contribution in [3.63, 3.8) is 0 Å². The van der Waals surface area contributed by atoms with Crippen LogP contribution in [-0.2, 0) is 0 Å². The average Bonchev–Trinajstić information content (AvgIpc) is 3.29. The van der Waals surface area contributed by atoms with Gasteiger partial charge in [0.1, 0.15) is 5.82 Å². The Morgan fingerprint density at radius 1 is 1.10 bits per heavy atom. The number of unbranched alkanes of at least 4 members (excludes halogenated alkanes) is 1. The maximum atomic E-state index is 12.3. The predicted molar refractivity (Wildman–Crippen MR) is 125 cm³/mol. The number of aliphatic imine (C=N–C) groups is 1. The fraction of sp³-hybridized carbons (Fsp3) is 0.450. The van der Waals surface area contributed by atoms with Crippen LogP contribution in [-0.4, -0.2) is 73.0 Å². The van der Waals surface area contributed by atoms with Crippen LogP contribution in [0.4, 0.5) is 5.82 Å². The molecule has 1 aliphatic rings. The molecule has 158 valence electrons. The van der Waals surface area contributed by atoms with Gasteiger partial charge in [0.2, 0.25) is 0 Å². The van der Waals surface area contributed by atoms with E-state index in [9.17, 15) is 4.79 Å². The van der Waals surface area contributed by atoms with Crippen molar-refractivity contribution < 1.29 is 9.21 Å². The summed E-state index contributed by atoms with van der Waals surface area (Å²) in [7, 11) is 1.80. The van der Waals surface area contributed by atoms with Crippen molar-refractivity contribution in [2.45, 2.75) is 12.8 Å². The first-order valence-electron chi connectivity index (χ1n) is 9.71. The fourth-order valence-electron chi connectivity index (χ4n) is 3.14. The second-order valence-corrected chi connectivity index (χ2v) is 6.58. The zero-order chi connectivity index (χ0) is 19.6. The van der Waals surface area contributed by atoms with Gasteiger partial charge in [-0.2, -0.15) is 0 Å². The van der Waals surface area contributed by atoms with Crippen molar-refractivity contribution in [1.82, 2.24) is 20.1 Å². The van der Waals surface area contributed by atoms with E-state index in [1.165, 1.54) is 6.26 Å². The Morgan fingerprint density at radius 2 is 1.86 bits per heavy atom. The number of carbonyl (C=O) groups is 1. The Kier molecular flexibility index (Phi) is 9.75. The summed E-state index contributed by atoms with van der Waals surface area (Å²) in [5, 5.41) is 6.73. The molecule has 0 saturated carbocycles. The number of anilines is 1. The molecule has 29 heavy (non-hydrogen) atoms. The first-order chi connectivity index (χ1) is 13.8. The Bertz CT molecular complexity index is 746. The van der Waals surface area contributed by atoms with Gasteiger partial charge in [-0.25, -0.2) is 4.98 Å². The third-order valence-electron chi connectivity index (χ3n) is 4.67. The van der Waals surface area contributed by atoms with Crippen molar-refractivity contribution in [3.8, 4) is 0 Å². The van der Waals surface area contributed by atoms with Gasteiger partial charge in [0.05, 0.1) is 6.26 Å². The van der Waals surface area contributed by atoms with Gasteiger partial charge in [-0.05, 0) is 37.1 Å². The van der Waals surface area contributed by atoms with E-state index in [1.807, 2.05) is 23.1 Å². The van der Waals surface area contributed by atoms with Crippen molar-refractivity contribution in [2.24, 2.45) is 4.99 Å². The number of aromatic nitrogens is 1. The molecular weight excluding hydrogens is 483 g/mol. The third-order valence-corrected chi connectivity index (χ3v) is 4.67. The minimum Gasteiger partial charge on any atom is -0.459 e. The van der Waals surface area contributed by atoms with E-state index < -0.39 is 0 Å². The van der Waals surface area contributed by atoms with Gasteiger partial charge >= 0.3 is 0 Å². The van der Waals surface area contributed by atoms with Crippen LogP contribution in [0.25, 0.3) is 0 Å². The number of pyridine rings is 1. The van der Waals surface area contributed by atoms with Crippen LogP contribution in [0.3, 0.4) is 0 Å². The molecule has 2 aromatic heterocycles. The van der Waals surface area contributed by atoms with Gasteiger partial charge < -0.3 is 24.9 Å². The molecule has 0 radical (unpaired) electrons. The lowest BCUT2D eigenvalue weighted by Gasteiger charge is -2.36. The number of hydrogen-bond acceptors (Lipinski definition) is 5. The van der Waals surface area contributed by atoms with Crippen LogP contribution in [0.2, 0.25) is 0 Å². The summed E-state index contributed by atoms with van der Waals surface area (Å²) in [5.41, 5.74) is 0. The van der Waals surface area contributed by atoms with E-state index in [4.69, 9.17) is 4.42 Å². The summed E-state index contributed by atoms with van der Waals surface area (Å²) in [4.78, 5) is 25.0. The van der Waals surface area contributed by atoms with E-state index in [1.54, 1.807) is 25.4 Å². The van der Waals surface area contributed by atoms with Crippen molar-refractivity contribution >= 4 is 41.7 Å². The summed E-state index contributed by atoms with van der Waals surface area (Å²) in [6.45, 7) is 4.59. The van der Waals surface area contributed by atoms with Gasteiger partial charge in [0.25, 0.3) is 5.91 Å². The molecule has 0 atom stereocenters. The second kappa shape index (κ2) is 12.3. The highest BCUT2D eigenvalue weighted by atomic mass is 127. The molecule has 3 rings (SSSR count). The minimum absolute atomic E-state index is 0. The number of carbonyl (C=O) groups excluding carboxylic acids is 1. The van der Waals surface area contributed by atoms with Gasteiger partial charge in [-0.3, -0.25) is 9.79 Å². The zero-order valence-corrected chi connectivity index (χ0v) is 19.0. The van der Waals surface area contributed by atoms with Gasteiger partial charge in [-0.15, -0.1) is 24.0 Å². The van der Waals surface area contributed by atoms with Gasteiger partial charge in [0.15, 0.2) is 11.7 Å². The standard InChI is InChI=1S/C20H28N6O2.HI/c1-21-20(24-11-5-4-10-23-18-8-2-3-9-22-18)26-14-12-25(13-15-26)19(27)17-7-6-16-28-17;/h2-3,6-9,16H,4-5,10-15H2,1H3,(H,21,24)(H,22,23);1H. The summed E-state index contributed by atoms with van der Waals surface area (Å²) in [6.07, 6.45) is 5.40. The number of nitrogens with zero attached hydrogens (tertiary/aromatic N) is 4. The molecule has 0 aromatic carbocycles. The Balaban J connectivity index is 0.00000300. The summed E-state index contributed by atoms with van der Waals surface area (Å²) < 4.78 is 5.21. The van der Waals surface area contributed by atoms with E-state index in [-0.39, 0.29) is 29.9 Å². The van der Waals surface area contributed by atoms with Crippen molar-refractivity contribution in [3.05, 3.63) is 48.6 Å². The van der Waals surface area contributed by atoms with Crippen LogP contribution in [0, 0.1) is 0 Å². The van der Waals surface area contributed by atoms with E-state index >= 15 is 0 Å². The van der Waals surface area contributed by atoms with Crippen molar-refractivity contribution in [1.29, 1.82) is 0 Å². The average molecular weight is 512 g/mol. The molecule has 0 spiro atoms. The third kappa shape index (κ3) is 6.91. The molecule has 1 amide bonds. The smallest absolute Gasteiger partial charge is 0.289 e. The number of halogens is 1. The quantitative estimate of drug-likeness (QED) is 0.257. The highest BCUT2D eigenvalue weighted by Crippen LogP contribution is 2.09. The number of rotatable bonds is 7. The van der Waals surface area contributed by atoms with E-state index in [0.29, 0.717) is 18.8 Å². The van der Waals surface area contributed by atoms with Gasteiger partial charge in [0, 0.05) is 52.5 Å². The highest BCUT2D eigenvalue weighted by molar-refractivity contribution is 14.0. The zero-order valence-electron chi connectivity index (χ0n) is 16.7. The molecule has 0 aliphatic carbocycles. The molecule has 1 aliphatic heterocycles. The lowest BCUT2D eigenvalue weighted by molar-refractivity contribution is 0.0658. The Morgan fingerprint density at radius 3 is 2.52 bits per heavy atom. The highest BCUT2D eigenvalue weighted by Gasteiger charge is 2.24. The van der Waals surface area contributed by atoms with Crippen LogP contribution >= 0.6 is 24.0 Å². The number of piperazine rings is 1. The number of hydrogen-bond donors (Lipinski definition) is 2. The number of guanidine groups is 1. The minimum atomic E-state index is -0.0481. The summed E-state index contributed by atoms with van der Waals surface area (Å²) in [5.74, 6) is 2.15. The second-order valence-electron chi connectivity index (χ2n) is 6.58. The van der Waals surface area contributed by atoms with Gasteiger partial charge in [-0.1, -0.05) is 6.07 Å². The molecule has 0 unspecified atom stereocenters. The van der Waals surface area contributed by atoms with Crippen molar-refractivity contribution in [2.75, 3.05) is 51.6 Å².